The van der Waals surface area contributed by atoms with Gasteiger partial charge in [0.2, 0.25) is 0 Å². The Kier molecular flexibility index (Phi) is 7.53. The van der Waals surface area contributed by atoms with Gasteiger partial charge in [-0.2, -0.15) is 5.10 Å². The van der Waals surface area contributed by atoms with Gasteiger partial charge in [-0.05, 0) is 79.6 Å². The molecular formula is C37H42N2O5. The van der Waals surface area contributed by atoms with Gasteiger partial charge in [0.1, 0.15) is 23.0 Å². The Morgan fingerprint density at radius 2 is 1.77 bits per heavy atom. The van der Waals surface area contributed by atoms with E-state index < -0.39 is 35.5 Å². The average molecular weight is 595 g/mol. The number of esters is 1. The van der Waals surface area contributed by atoms with Crippen molar-refractivity contribution >= 4 is 11.8 Å². The normalized spacial score (nSPS) is 32.6. The smallest absolute Gasteiger partial charge is 0.342 e. The SMILES string of the molecule is C=C1CC[C@H]2[C@@H](/C=C(\C)C(=O)[C@@]3(O)C[C@H](C)[C@H](O)[C@@H]3[C@H]1OC(=O)c1cn(-c3ccccc3)nc1-c1ccc(C)cc1)C2(C)C. The summed E-state index contributed by atoms with van der Waals surface area (Å²) < 4.78 is 7.94. The lowest BCUT2D eigenvalue weighted by Gasteiger charge is -2.36. The molecule has 3 aliphatic carbocycles. The molecule has 2 fully saturated rings. The second kappa shape index (κ2) is 11.0. The molecule has 2 N–H and O–H groups in total. The van der Waals surface area contributed by atoms with Crippen molar-refractivity contribution in [2.24, 2.45) is 29.1 Å². The Bertz CT molecular complexity index is 1640. The summed E-state index contributed by atoms with van der Waals surface area (Å²) in [5.74, 6) is -1.95. The highest BCUT2D eigenvalue weighted by Crippen LogP contribution is 2.62. The number of aromatic nitrogens is 2. The molecule has 3 aromatic rings. The van der Waals surface area contributed by atoms with Crippen LogP contribution >= 0.6 is 0 Å². The number of benzene rings is 2. The summed E-state index contributed by atoms with van der Waals surface area (Å²) in [6.07, 6.45) is 2.93. The van der Waals surface area contributed by atoms with E-state index in [4.69, 9.17) is 9.84 Å². The lowest BCUT2D eigenvalue weighted by atomic mass is 9.77. The number of nitrogens with zero attached hydrogens (tertiary/aromatic N) is 2. The minimum atomic E-state index is -1.90. The van der Waals surface area contributed by atoms with Crippen LogP contribution in [0.5, 0.6) is 0 Å². The third-order valence-corrected chi connectivity index (χ3v) is 10.5. The van der Waals surface area contributed by atoms with Gasteiger partial charge in [0, 0.05) is 11.8 Å². The molecule has 2 saturated carbocycles. The molecule has 0 unspecified atom stereocenters. The molecule has 0 bridgehead atoms. The van der Waals surface area contributed by atoms with E-state index in [0.29, 0.717) is 29.2 Å². The number of rotatable bonds is 4. The molecule has 7 nitrogen and oxygen atoms in total. The van der Waals surface area contributed by atoms with E-state index in [-0.39, 0.29) is 29.2 Å². The Morgan fingerprint density at radius 1 is 1.09 bits per heavy atom. The fraction of sp³-hybridized carbons (Fsp3) is 0.432. The van der Waals surface area contributed by atoms with Gasteiger partial charge >= 0.3 is 5.97 Å². The molecule has 230 valence electrons. The van der Waals surface area contributed by atoms with Crippen LogP contribution in [0.1, 0.15) is 62.9 Å². The maximum absolute atomic E-state index is 14.2. The van der Waals surface area contributed by atoms with Gasteiger partial charge in [0.25, 0.3) is 0 Å². The van der Waals surface area contributed by atoms with Crippen molar-refractivity contribution in [3.63, 3.8) is 0 Å². The predicted octanol–water partition coefficient (Wildman–Crippen LogP) is 6.26. The van der Waals surface area contributed by atoms with E-state index in [0.717, 1.165) is 23.2 Å². The first-order valence-electron chi connectivity index (χ1n) is 15.6. The third-order valence-electron chi connectivity index (χ3n) is 10.5. The summed E-state index contributed by atoms with van der Waals surface area (Å²) in [4.78, 5) is 28.2. The van der Waals surface area contributed by atoms with Crippen LogP contribution in [0.3, 0.4) is 0 Å². The van der Waals surface area contributed by atoms with E-state index in [2.05, 4.69) is 20.4 Å². The summed E-state index contributed by atoms with van der Waals surface area (Å²) in [7, 11) is 0. The summed E-state index contributed by atoms with van der Waals surface area (Å²) in [5.41, 5.74) is 2.51. The molecule has 2 aromatic carbocycles. The van der Waals surface area contributed by atoms with E-state index >= 15 is 0 Å². The fourth-order valence-corrected chi connectivity index (χ4v) is 7.65. The largest absolute Gasteiger partial charge is 0.454 e. The lowest BCUT2D eigenvalue weighted by molar-refractivity contribution is -0.144. The summed E-state index contributed by atoms with van der Waals surface area (Å²) in [6.45, 7) is 14.3. The maximum atomic E-state index is 14.2. The minimum Gasteiger partial charge on any atom is -0.454 e. The third kappa shape index (κ3) is 5.06. The lowest BCUT2D eigenvalue weighted by Crippen LogP contribution is -2.52. The number of aliphatic hydroxyl groups is 2. The van der Waals surface area contributed by atoms with E-state index in [9.17, 15) is 19.8 Å². The average Bonchev–Trinajstić information content (AvgIpc) is 3.27. The monoisotopic (exact) mass is 594 g/mol. The van der Waals surface area contributed by atoms with Crippen LogP contribution < -0.4 is 0 Å². The van der Waals surface area contributed by atoms with Crippen LogP contribution in [-0.4, -0.2) is 49.6 Å². The highest BCUT2D eigenvalue weighted by atomic mass is 16.5. The van der Waals surface area contributed by atoms with Crippen molar-refractivity contribution in [1.82, 2.24) is 9.78 Å². The van der Waals surface area contributed by atoms with Gasteiger partial charge in [0.05, 0.1) is 17.7 Å². The topological polar surface area (TPSA) is 102 Å². The molecule has 44 heavy (non-hydrogen) atoms. The number of carbonyl (C=O) groups is 2. The van der Waals surface area contributed by atoms with Crippen LogP contribution in [0.2, 0.25) is 0 Å². The molecular weight excluding hydrogens is 552 g/mol. The molecule has 1 heterocycles. The van der Waals surface area contributed by atoms with Crippen LogP contribution in [-0.2, 0) is 9.53 Å². The number of hydrogen-bond donors (Lipinski definition) is 2. The fourth-order valence-electron chi connectivity index (χ4n) is 7.65. The highest BCUT2D eigenvalue weighted by molar-refractivity contribution is 6.02. The van der Waals surface area contributed by atoms with Gasteiger partial charge in [-0.1, -0.05) is 81.5 Å². The van der Waals surface area contributed by atoms with E-state index in [1.54, 1.807) is 17.8 Å². The van der Waals surface area contributed by atoms with Crippen LogP contribution in [0, 0.1) is 36.0 Å². The zero-order valence-corrected chi connectivity index (χ0v) is 26.2. The Labute approximate surface area is 259 Å². The number of fused-ring (bicyclic) bond motifs is 2. The first kappa shape index (κ1) is 30.2. The van der Waals surface area contributed by atoms with E-state index in [1.807, 2.05) is 74.5 Å². The molecule has 0 aliphatic heterocycles. The number of aliphatic hydroxyl groups excluding tert-OH is 1. The van der Waals surface area contributed by atoms with Crippen molar-refractivity contribution in [2.45, 2.75) is 71.7 Å². The minimum absolute atomic E-state index is 0.0205. The van der Waals surface area contributed by atoms with Gasteiger partial charge < -0.3 is 14.9 Å². The number of allylic oxidation sites excluding steroid dienone is 1. The first-order chi connectivity index (χ1) is 20.8. The molecule has 7 heteroatoms. The zero-order chi connectivity index (χ0) is 31.6. The first-order valence-corrected chi connectivity index (χ1v) is 15.6. The van der Waals surface area contributed by atoms with Crippen LogP contribution in [0.4, 0.5) is 0 Å². The van der Waals surface area contributed by atoms with Crippen molar-refractivity contribution < 1.29 is 24.5 Å². The highest BCUT2D eigenvalue weighted by Gasteiger charge is 2.61. The molecule has 7 atom stereocenters. The number of carbonyl (C=O) groups excluding carboxylic acids is 2. The zero-order valence-electron chi connectivity index (χ0n) is 26.2. The number of aryl methyl sites for hydroxylation is 1. The molecule has 0 radical (unpaired) electrons. The van der Waals surface area contributed by atoms with Crippen molar-refractivity contribution in [3.8, 4) is 16.9 Å². The Balaban J connectivity index is 1.42. The molecule has 3 aliphatic rings. The second-order valence-electron chi connectivity index (χ2n) is 13.8. The summed E-state index contributed by atoms with van der Waals surface area (Å²) in [6, 6.07) is 17.3. The molecule has 0 spiro atoms. The molecule has 6 rings (SSSR count). The van der Waals surface area contributed by atoms with Crippen molar-refractivity contribution in [3.05, 3.63) is 95.7 Å². The number of Topliss-reactive ketones (excluding diaryl/α,β-unsaturated/α-hetero) is 1. The predicted molar refractivity (Wildman–Crippen MR) is 169 cm³/mol. The van der Waals surface area contributed by atoms with Gasteiger partial charge in [-0.25, -0.2) is 9.48 Å². The van der Waals surface area contributed by atoms with Crippen molar-refractivity contribution in [1.29, 1.82) is 0 Å². The number of para-hydroxylation sites is 1. The summed E-state index contributed by atoms with van der Waals surface area (Å²) >= 11 is 0. The standard InChI is InChI=1S/C37H42N2O5/c1-21-12-15-25(16-13-21)31-27(20-39(38-31)26-10-8-7-9-11-26)35(42)44-33-22(2)14-17-28-29(36(28,5)6)18-23(3)34(41)37(43)19-24(4)32(40)30(33)37/h7-13,15-16,18,20,24,28-30,32-33,40,43H,2,14,17,19H2,1,3-6H3/b23-18+/t24-,28-,29+,30+,32-,33-,37+/m0/s1. The van der Waals surface area contributed by atoms with Crippen LogP contribution in [0.25, 0.3) is 16.9 Å². The summed E-state index contributed by atoms with van der Waals surface area (Å²) in [5, 5.41) is 28.4. The molecule has 1 aromatic heterocycles. The van der Waals surface area contributed by atoms with Gasteiger partial charge in [-0.15, -0.1) is 0 Å². The number of hydrogen-bond acceptors (Lipinski definition) is 6. The van der Waals surface area contributed by atoms with Crippen molar-refractivity contribution in [2.75, 3.05) is 0 Å². The van der Waals surface area contributed by atoms with Crippen LogP contribution in [0.15, 0.2) is 84.6 Å². The molecule has 0 amide bonds. The number of ether oxygens (including phenoxy) is 1. The Hall–Kier alpha value is -3.81. The van der Waals surface area contributed by atoms with E-state index in [1.165, 1.54) is 0 Å². The number of ketones is 1. The second-order valence-corrected chi connectivity index (χ2v) is 13.8. The quantitative estimate of drug-likeness (QED) is 0.273. The van der Waals surface area contributed by atoms with Gasteiger partial charge in [0.15, 0.2) is 5.78 Å². The Morgan fingerprint density at radius 3 is 2.45 bits per heavy atom. The van der Waals surface area contributed by atoms with Gasteiger partial charge in [-0.3, -0.25) is 4.79 Å². The maximum Gasteiger partial charge on any atom is 0.342 e. The molecule has 0 saturated heterocycles.